The molecule has 1 atom stereocenters. The van der Waals surface area contributed by atoms with Crippen LogP contribution in [0.3, 0.4) is 0 Å². The summed E-state index contributed by atoms with van der Waals surface area (Å²) < 4.78 is 66.4. The van der Waals surface area contributed by atoms with Crippen LogP contribution in [0.5, 0.6) is 0 Å². The second kappa shape index (κ2) is 10.4. The molecule has 2 N–H and O–H groups in total. The summed E-state index contributed by atoms with van der Waals surface area (Å²) in [6.07, 6.45) is -0.968. The summed E-state index contributed by atoms with van der Waals surface area (Å²) in [5.74, 6) is -3.09. The van der Waals surface area contributed by atoms with E-state index in [9.17, 15) is 26.7 Å². The Labute approximate surface area is 215 Å². The largest absolute Gasteiger partial charge is 0.451 e. The Kier molecular flexibility index (Phi) is 7.17. The number of nitrogens with zero attached hydrogens (tertiary/aromatic N) is 4. The Hall–Kier alpha value is -3.41. The molecule has 0 radical (unpaired) electrons. The molecule has 1 unspecified atom stereocenters. The van der Waals surface area contributed by atoms with Gasteiger partial charge in [0.2, 0.25) is 5.82 Å². The molecule has 202 valence electrons. The van der Waals surface area contributed by atoms with Crippen LogP contribution in [0.25, 0.3) is 10.9 Å². The van der Waals surface area contributed by atoms with Crippen LogP contribution >= 0.6 is 0 Å². The number of piperidine rings is 1. The highest BCUT2D eigenvalue weighted by molar-refractivity contribution is 6.06. The van der Waals surface area contributed by atoms with Gasteiger partial charge in [0.25, 0.3) is 11.8 Å². The fourth-order valence-electron chi connectivity index (χ4n) is 4.58. The number of hydrogen-bond acceptors (Lipinski definition) is 6. The summed E-state index contributed by atoms with van der Waals surface area (Å²) in [6, 6.07) is 8.16. The standard InChI is InChI=1S/C26H27F5N6O/c27-25(28)8-10-37(11-9-25)21(17-13-34-24(35-14-17)26(29,30)31)15-33-23(38)19-2-1-3-20-18(19)6-7-22(36-20)32-12-16-4-5-16/h1-3,6-7,13-14,16,21H,4-5,8-12,15H2,(H,32,36)(H,33,38). The molecule has 0 bridgehead atoms. The zero-order valence-corrected chi connectivity index (χ0v) is 20.4. The SMILES string of the molecule is O=C(NCC(c1cnc(C(F)(F)F)nc1)N1CCC(F)(F)CC1)c1cccc2nc(NCC3CC3)ccc12. The van der Waals surface area contributed by atoms with Gasteiger partial charge < -0.3 is 10.6 Å². The first kappa shape index (κ1) is 26.2. The topological polar surface area (TPSA) is 83.0 Å². The molecule has 2 aliphatic rings. The van der Waals surface area contributed by atoms with Gasteiger partial charge in [0.15, 0.2) is 0 Å². The summed E-state index contributed by atoms with van der Waals surface area (Å²) in [5.41, 5.74) is 1.33. The van der Waals surface area contributed by atoms with Gasteiger partial charge in [-0.1, -0.05) is 6.07 Å². The lowest BCUT2D eigenvalue weighted by molar-refractivity contribution is -0.145. The molecule has 1 amide bonds. The van der Waals surface area contributed by atoms with Crippen molar-refractivity contribution in [3.63, 3.8) is 0 Å². The number of alkyl halides is 5. The second-order valence-electron chi connectivity index (χ2n) is 9.85. The Balaban J connectivity index is 1.33. The molecule has 38 heavy (non-hydrogen) atoms. The molecule has 3 heterocycles. The molecule has 12 heteroatoms. The summed E-state index contributed by atoms with van der Waals surface area (Å²) in [7, 11) is 0. The molecule has 5 rings (SSSR count). The van der Waals surface area contributed by atoms with Gasteiger partial charge in [-0.25, -0.2) is 23.7 Å². The number of amides is 1. The first-order valence-corrected chi connectivity index (χ1v) is 12.5. The lowest BCUT2D eigenvalue weighted by Crippen LogP contribution is -2.45. The van der Waals surface area contributed by atoms with Crippen LogP contribution in [0.4, 0.5) is 27.8 Å². The van der Waals surface area contributed by atoms with Gasteiger partial charge in [-0.05, 0) is 43.0 Å². The van der Waals surface area contributed by atoms with E-state index in [0.29, 0.717) is 27.9 Å². The fraction of sp³-hybridized carbons (Fsp3) is 0.462. The van der Waals surface area contributed by atoms with Gasteiger partial charge in [0.1, 0.15) is 5.82 Å². The minimum Gasteiger partial charge on any atom is -0.370 e. The van der Waals surface area contributed by atoms with Gasteiger partial charge in [0, 0.05) is 67.9 Å². The number of carbonyl (C=O) groups excluding carboxylic acids is 1. The smallest absolute Gasteiger partial charge is 0.370 e. The number of anilines is 1. The van der Waals surface area contributed by atoms with Crippen molar-refractivity contribution in [2.24, 2.45) is 5.92 Å². The molecule has 2 fully saturated rings. The molecule has 0 spiro atoms. The van der Waals surface area contributed by atoms with Crippen molar-refractivity contribution in [3.05, 3.63) is 59.7 Å². The summed E-state index contributed by atoms with van der Waals surface area (Å²) in [4.78, 5) is 26.4. The Bertz CT molecular complexity index is 1290. The number of nitrogens with one attached hydrogen (secondary N) is 2. The monoisotopic (exact) mass is 534 g/mol. The van der Waals surface area contributed by atoms with Gasteiger partial charge in [-0.3, -0.25) is 9.69 Å². The maximum absolute atomic E-state index is 13.8. The molecule has 1 saturated heterocycles. The number of likely N-dealkylation sites (tertiary alicyclic amines) is 1. The van der Waals surface area contributed by atoms with Crippen LogP contribution in [0.15, 0.2) is 42.7 Å². The van der Waals surface area contributed by atoms with Gasteiger partial charge in [-0.2, -0.15) is 13.2 Å². The van der Waals surface area contributed by atoms with Crippen LogP contribution in [-0.2, 0) is 6.18 Å². The van der Waals surface area contributed by atoms with E-state index in [1.807, 2.05) is 18.2 Å². The van der Waals surface area contributed by atoms with Crippen molar-refractivity contribution >= 4 is 22.6 Å². The van der Waals surface area contributed by atoms with E-state index in [-0.39, 0.29) is 32.5 Å². The Morgan fingerprint density at radius 3 is 2.45 bits per heavy atom. The number of benzene rings is 1. The predicted octanol–water partition coefficient (Wildman–Crippen LogP) is 5.07. The van der Waals surface area contributed by atoms with Crippen LogP contribution in [0, 0.1) is 5.92 Å². The first-order valence-electron chi connectivity index (χ1n) is 12.5. The van der Waals surface area contributed by atoms with Crippen LogP contribution < -0.4 is 10.6 Å². The number of halogens is 5. The van der Waals surface area contributed by atoms with Crippen molar-refractivity contribution in [2.45, 2.75) is 43.8 Å². The highest BCUT2D eigenvalue weighted by Crippen LogP contribution is 2.33. The molecule has 7 nitrogen and oxygen atoms in total. The van der Waals surface area contributed by atoms with Gasteiger partial charge >= 0.3 is 6.18 Å². The zero-order valence-electron chi connectivity index (χ0n) is 20.4. The lowest BCUT2D eigenvalue weighted by Gasteiger charge is -2.37. The van der Waals surface area contributed by atoms with Crippen LogP contribution in [0.2, 0.25) is 0 Å². The third kappa shape index (κ3) is 6.17. The third-order valence-electron chi connectivity index (χ3n) is 6.98. The van der Waals surface area contributed by atoms with E-state index in [1.165, 1.54) is 12.8 Å². The predicted molar refractivity (Wildman–Crippen MR) is 131 cm³/mol. The summed E-state index contributed by atoms with van der Waals surface area (Å²) >= 11 is 0. The van der Waals surface area contributed by atoms with E-state index in [0.717, 1.165) is 24.8 Å². The van der Waals surface area contributed by atoms with Crippen molar-refractivity contribution in [3.8, 4) is 0 Å². The van der Waals surface area contributed by atoms with E-state index in [2.05, 4.69) is 25.6 Å². The number of pyridine rings is 1. The molecule has 1 aromatic carbocycles. The number of fused-ring (bicyclic) bond motifs is 1. The lowest BCUT2D eigenvalue weighted by atomic mass is 10.0. The molecular weight excluding hydrogens is 507 g/mol. The third-order valence-corrected chi connectivity index (χ3v) is 6.98. The quantitative estimate of drug-likeness (QED) is 0.393. The minimum absolute atomic E-state index is 0.0172. The molecule has 1 aliphatic heterocycles. The molecule has 3 aromatic rings. The van der Waals surface area contributed by atoms with Crippen molar-refractivity contribution < 1.29 is 26.7 Å². The van der Waals surface area contributed by atoms with E-state index >= 15 is 0 Å². The Morgan fingerprint density at radius 1 is 1.08 bits per heavy atom. The van der Waals surface area contributed by atoms with Crippen molar-refractivity contribution in [1.82, 2.24) is 25.2 Å². The van der Waals surface area contributed by atoms with Crippen LogP contribution in [0.1, 0.15) is 53.5 Å². The van der Waals surface area contributed by atoms with E-state index in [1.54, 1.807) is 17.0 Å². The molecule has 1 aliphatic carbocycles. The fourth-order valence-corrected chi connectivity index (χ4v) is 4.58. The van der Waals surface area contributed by atoms with Gasteiger partial charge in [0.05, 0.1) is 11.6 Å². The van der Waals surface area contributed by atoms with E-state index in [4.69, 9.17) is 0 Å². The maximum atomic E-state index is 13.8. The minimum atomic E-state index is -4.70. The van der Waals surface area contributed by atoms with Crippen molar-refractivity contribution in [2.75, 3.05) is 31.5 Å². The molecular formula is C26H27F5N6O. The Morgan fingerprint density at radius 2 is 1.79 bits per heavy atom. The average Bonchev–Trinajstić information content (AvgIpc) is 3.72. The van der Waals surface area contributed by atoms with Crippen LogP contribution in [-0.4, -0.2) is 57.9 Å². The highest BCUT2D eigenvalue weighted by atomic mass is 19.4. The van der Waals surface area contributed by atoms with Crippen molar-refractivity contribution in [1.29, 1.82) is 0 Å². The summed E-state index contributed by atoms with van der Waals surface area (Å²) in [5, 5.41) is 6.78. The number of hydrogen-bond donors (Lipinski definition) is 2. The second-order valence-corrected chi connectivity index (χ2v) is 9.85. The highest BCUT2D eigenvalue weighted by Gasteiger charge is 2.38. The molecule has 1 saturated carbocycles. The normalized spacial score (nSPS) is 18.8. The zero-order chi connectivity index (χ0) is 26.9. The molecule has 2 aromatic heterocycles. The maximum Gasteiger partial charge on any atom is 0.451 e. The number of rotatable bonds is 8. The number of aromatic nitrogens is 3. The summed E-state index contributed by atoms with van der Waals surface area (Å²) in [6.45, 7) is 0.868. The average molecular weight is 535 g/mol. The number of carbonyl (C=O) groups is 1. The first-order chi connectivity index (χ1) is 18.1. The van der Waals surface area contributed by atoms with Gasteiger partial charge in [-0.15, -0.1) is 0 Å². The van der Waals surface area contributed by atoms with E-state index < -0.39 is 29.9 Å².